The van der Waals surface area contributed by atoms with E-state index in [4.69, 9.17) is 0 Å². The largest absolute Gasteiger partial charge is 0.304 e. The minimum Gasteiger partial charge on any atom is -0.304 e. The van der Waals surface area contributed by atoms with E-state index in [0.717, 1.165) is 23.6 Å². The summed E-state index contributed by atoms with van der Waals surface area (Å²) in [5.74, 6) is -13.1. The number of rotatable bonds is 5. The molecule has 0 atom stereocenters. The lowest BCUT2D eigenvalue weighted by molar-refractivity contribution is 0.0878. The number of hydrogen-bond acceptors (Lipinski definition) is 5. The van der Waals surface area contributed by atoms with Gasteiger partial charge in [-0.1, -0.05) is 18.2 Å². The van der Waals surface area contributed by atoms with Crippen molar-refractivity contribution in [3.8, 4) is 0 Å². The van der Waals surface area contributed by atoms with Crippen LogP contribution in [0, 0.1) is 29.1 Å². The minimum absolute atomic E-state index is 0.0281. The number of hydrogen-bond donors (Lipinski definition) is 0. The SMILES string of the molecule is CN1CCN(CC(=O)c2cc(C(=O)c3c(F)c(F)c(F)c(F)c3F)n3cnc4ccccc4c23)CC1. The van der Waals surface area contributed by atoms with E-state index in [1.54, 1.807) is 24.3 Å². The third-order valence-electron chi connectivity index (χ3n) is 6.44. The highest BCUT2D eigenvalue weighted by atomic mass is 19.2. The second kappa shape index (κ2) is 9.07. The van der Waals surface area contributed by atoms with E-state index < -0.39 is 46.1 Å². The summed E-state index contributed by atoms with van der Waals surface area (Å²) in [6.45, 7) is 2.85. The molecule has 1 saturated heterocycles. The number of para-hydroxylation sites is 1. The summed E-state index contributed by atoms with van der Waals surface area (Å²) in [5, 5.41) is 0.484. The molecule has 3 heterocycles. The normalized spacial score (nSPS) is 15.2. The summed E-state index contributed by atoms with van der Waals surface area (Å²) in [7, 11) is 1.97. The molecular formula is C25H19F5N4O2. The number of carbonyl (C=O) groups is 2. The van der Waals surface area contributed by atoms with Gasteiger partial charge in [-0.15, -0.1) is 0 Å². The smallest absolute Gasteiger partial charge is 0.215 e. The maximum absolute atomic E-state index is 14.5. The van der Waals surface area contributed by atoms with Gasteiger partial charge < -0.3 is 4.90 Å². The zero-order valence-corrected chi connectivity index (χ0v) is 19.0. The van der Waals surface area contributed by atoms with Crippen molar-refractivity contribution in [2.45, 2.75) is 0 Å². The molecule has 0 unspecified atom stereocenters. The first kappa shape index (κ1) is 24.0. The van der Waals surface area contributed by atoms with Gasteiger partial charge in [-0.25, -0.2) is 26.9 Å². The van der Waals surface area contributed by atoms with E-state index >= 15 is 0 Å². The molecule has 36 heavy (non-hydrogen) atoms. The Morgan fingerprint density at radius 3 is 2.17 bits per heavy atom. The van der Waals surface area contributed by atoms with Gasteiger partial charge in [0.05, 0.1) is 23.3 Å². The predicted molar refractivity (Wildman–Crippen MR) is 121 cm³/mol. The Bertz CT molecular complexity index is 1510. The number of aromatic nitrogens is 2. The van der Waals surface area contributed by atoms with Crippen LogP contribution < -0.4 is 0 Å². The first-order valence-corrected chi connectivity index (χ1v) is 11.1. The van der Waals surface area contributed by atoms with Crippen LogP contribution in [-0.4, -0.2) is 70.5 Å². The Morgan fingerprint density at radius 1 is 0.889 bits per heavy atom. The van der Waals surface area contributed by atoms with Crippen LogP contribution in [0.5, 0.6) is 0 Å². The molecule has 5 rings (SSSR count). The number of likely N-dealkylation sites (N-methyl/N-ethyl adjacent to an activating group) is 1. The average Bonchev–Trinajstić information content (AvgIpc) is 3.28. The Labute approximate surface area is 201 Å². The van der Waals surface area contributed by atoms with Gasteiger partial charge in [-0.3, -0.25) is 18.9 Å². The molecule has 1 aliphatic rings. The third kappa shape index (κ3) is 3.84. The third-order valence-corrected chi connectivity index (χ3v) is 6.44. The topological polar surface area (TPSA) is 57.9 Å². The van der Waals surface area contributed by atoms with Crippen LogP contribution in [0.1, 0.15) is 26.4 Å². The number of benzene rings is 2. The summed E-state index contributed by atoms with van der Waals surface area (Å²) in [5.41, 5.74) is -1.22. The van der Waals surface area contributed by atoms with E-state index in [1.165, 1.54) is 6.33 Å². The van der Waals surface area contributed by atoms with Crippen LogP contribution in [0.2, 0.25) is 0 Å². The van der Waals surface area contributed by atoms with Crippen LogP contribution in [0.25, 0.3) is 16.4 Å². The zero-order valence-electron chi connectivity index (χ0n) is 19.0. The number of nitrogens with zero attached hydrogens (tertiary/aromatic N) is 4. The highest BCUT2D eigenvalue weighted by Gasteiger charge is 2.33. The Kier molecular flexibility index (Phi) is 6.05. The van der Waals surface area contributed by atoms with Gasteiger partial charge in [0.1, 0.15) is 11.9 Å². The minimum atomic E-state index is -2.36. The first-order valence-electron chi connectivity index (χ1n) is 11.1. The quantitative estimate of drug-likeness (QED) is 0.180. The molecule has 6 nitrogen and oxygen atoms in total. The summed E-state index contributed by atoms with van der Waals surface area (Å²) in [6, 6.07) is 7.89. The van der Waals surface area contributed by atoms with Gasteiger partial charge in [0.25, 0.3) is 0 Å². The molecule has 0 radical (unpaired) electrons. The molecule has 4 aromatic rings. The lowest BCUT2D eigenvalue weighted by Gasteiger charge is -2.31. The average molecular weight is 502 g/mol. The van der Waals surface area contributed by atoms with Crippen molar-refractivity contribution in [1.82, 2.24) is 19.2 Å². The summed E-state index contributed by atoms with van der Waals surface area (Å²) >= 11 is 0. The van der Waals surface area contributed by atoms with Gasteiger partial charge in [0.15, 0.2) is 29.1 Å². The van der Waals surface area contributed by atoms with Crippen molar-refractivity contribution in [2.24, 2.45) is 0 Å². The lowest BCUT2D eigenvalue weighted by atomic mass is 10.0. The van der Waals surface area contributed by atoms with Crippen molar-refractivity contribution in [3.63, 3.8) is 0 Å². The van der Waals surface area contributed by atoms with Crippen molar-refractivity contribution in [3.05, 3.63) is 82.6 Å². The molecular weight excluding hydrogens is 483 g/mol. The molecule has 2 aromatic heterocycles. The van der Waals surface area contributed by atoms with E-state index in [-0.39, 0.29) is 23.4 Å². The second-order valence-corrected chi connectivity index (χ2v) is 8.70. The van der Waals surface area contributed by atoms with E-state index in [1.807, 2.05) is 11.9 Å². The summed E-state index contributed by atoms with van der Waals surface area (Å²) in [6.07, 6.45) is 1.18. The molecule has 0 bridgehead atoms. The van der Waals surface area contributed by atoms with Crippen molar-refractivity contribution in [2.75, 3.05) is 39.8 Å². The summed E-state index contributed by atoms with van der Waals surface area (Å²) < 4.78 is 71.3. The maximum atomic E-state index is 14.5. The Hall–Kier alpha value is -3.70. The van der Waals surface area contributed by atoms with E-state index in [2.05, 4.69) is 9.88 Å². The van der Waals surface area contributed by atoms with Crippen LogP contribution in [0.4, 0.5) is 22.0 Å². The fourth-order valence-corrected chi connectivity index (χ4v) is 4.44. The first-order chi connectivity index (χ1) is 17.2. The van der Waals surface area contributed by atoms with Crippen LogP contribution in [-0.2, 0) is 0 Å². The van der Waals surface area contributed by atoms with E-state index in [0.29, 0.717) is 24.0 Å². The van der Waals surface area contributed by atoms with Crippen molar-refractivity contribution >= 4 is 28.0 Å². The molecule has 1 aliphatic heterocycles. The Balaban J connectivity index is 1.68. The van der Waals surface area contributed by atoms with Crippen LogP contribution >= 0.6 is 0 Å². The molecule has 186 valence electrons. The molecule has 1 fully saturated rings. The second-order valence-electron chi connectivity index (χ2n) is 8.70. The lowest BCUT2D eigenvalue weighted by Crippen LogP contribution is -2.46. The molecule has 2 aromatic carbocycles. The maximum Gasteiger partial charge on any atom is 0.215 e. The number of Topliss-reactive ketones (excluding diaryl/α,β-unsaturated/α-hetero) is 1. The van der Waals surface area contributed by atoms with Gasteiger partial charge in [0, 0.05) is 37.1 Å². The molecule has 0 aliphatic carbocycles. The number of carbonyl (C=O) groups excluding carboxylic acids is 2. The van der Waals surface area contributed by atoms with Gasteiger partial charge in [-0.05, 0) is 19.2 Å². The fraction of sp³-hybridized carbons (Fsp3) is 0.240. The van der Waals surface area contributed by atoms with Crippen molar-refractivity contribution < 1.29 is 31.5 Å². The van der Waals surface area contributed by atoms with Gasteiger partial charge in [-0.2, -0.15) is 0 Å². The highest BCUT2D eigenvalue weighted by Crippen LogP contribution is 2.30. The van der Waals surface area contributed by atoms with Crippen LogP contribution in [0.3, 0.4) is 0 Å². The summed E-state index contributed by atoms with van der Waals surface area (Å²) in [4.78, 5) is 34.9. The van der Waals surface area contributed by atoms with E-state index in [9.17, 15) is 31.5 Å². The number of halogens is 5. The Morgan fingerprint density at radius 2 is 1.50 bits per heavy atom. The monoisotopic (exact) mass is 502 g/mol. The standard InChI is InChI=1S/C25H19F5N4O2/c1-32-6-8-33(9-7-32)11-17(35)14-10-16(34-12-31-15-5-3-2-4-13(15)24(14)34)25(36)18-19(26)21(28)23(30)22(29)20(18)27/h2-5,10,12H,6-9,11H2,1H3. The van der Waals surface area contributed by atoms with Gasteiger partial charge in [0.2, 0.25) is 11.6 Å². The fourth-order valence-electron chi connectivity index (χ4n) is 4.44. The molecule has 0 saturated carbocycles. The number of ketones is 2. The predicted octanol–water partition coefficient (Wildman–Crippen LogP) is 3.84. The van der Waals surface area contributed by atoms with Gasteiger partial charge >= 0.3 is 0 Å². The number of piperazine rings is 1. The zero-order chi connectivity index (χ0) is 25.7. The molecule has 0 spiro atoms. The molecule has 11 heteroatoms. The van der Waals surface area contributed by atoms with Crippen molar-refractivity contribution in [1.29, 1.82) is 0 Å². The highest BCUT2D eigenvalue weighted by molar-refractivity contribution is 6.16. The molecule has 0 amide bonds. The van der Waals surface area contributed by atoms with Crippen LogP contribution in [0.15, 0.2) is 36.7 Å². The molecule has 0 N–H and O–H groups in total. The number of fused-ring (bicyclic) bond motifs is 3.